The summed E-state index contributed by atoms with van der Waals surface area (Å²) in [5, 5.41) is 3.09. The van der Waals surface area contributed by atoms with Gasteiger partial charge in [-0.15, -0.1) is 0 Å². The van der Waals surface area contributed by atoms with Crippen molar-refractivity contribution >= 4 is 5.91 Å². The number of piperidine rings is 1. The molecule has 0 spiro atoms. The number of nitrogens with zero attached hydrogens (tertiary/aromatic N) is 1. The number of amides is 1. The lowest BCUT2D eigenvalue weighted by Crippen LogP contribution is -2.40. The maximum atomic E-state index is 12.4. The summed E-state index contributed by atoms with van der Waals surface area (Å²) >= 11 is 0. The summed E-state index contributed by atoms with van der Waals surface area (Å²) in [6, 6.07) is 4.86. The molecule has 1 aliphatic rings. The van der Waals surface area contributed by atoms with Crippen LogP contribution in [-0.2, 0) is 0 Å². The topological polar surface area (TPSA) is 32.3 Å². The van der Waals surface area contributed by atoms with Crippen molar-refractivity contribution in [3.05, 3.63) is 34.4 Å². The van der Waals surface area contributed by atoms with Gasteiger partial charge >= 0.3 is 0 Å². The van der Waals surface area contributed by atoms with E-state index in [0.29, 0.717) is 0 Å². The Labute approximate surface area is 141 Å². The van der Waals surface area contributed by atoms with Gasteiger partial charge in [0.15, 0.2) is 0 Å². The Morgan fingerprint density at radius 2 is 1.91 bits per heavy atom. The lowest BCUT2D eigenvalue weighted by atomic mass is 9.99. The smallest absolute Gasteiger partial charge is 0.251 e. The van der Waals surface area contributed by atoms with E-state index in [2.05, 4.69) is 37.1 Å². The highest BCUT2D eigenvalue weighted by molar-refractivity contribution is 5.95. The number of rotatable bonds is 6. The second-order valence-electron chi connectivity index (χ2n) is 6.95. The zero-order valence-electron chi connectivity index (χ0n) is 15.2. The molecule has 0 unspecified atom stereocenters. The number of benzene rings is 1. The van der Waals surface area contributed by atoms with E-state index in [4.69, 9.17) is 0 Å². The van der Waals surface area contributed by atoms with Gasteiger partial charge in [-0.25, -0.2) is 0 Å². The Bertz CT molecular complexity index is 539. The molecule has 0 bridgehead atoms. The van der Waals surface area contributed by atoms with Crippen LogP contribution in [0.5, 0.6) is 0 Å². The Hall–Kier alpha value is -1.35. The third kappa shape index (κ3) is 4.81. The molecule has 1 aromatic carbocycles. The average molecular weight is 316 g/mol. The summed E-state index contributed by atoms with van der Waals surface area (Å²) in [6.45, 7) is 11.5. The molecule has 0 aliphatic carbocycles. The van der Waals surface area contributed by atoms with E-state index in [9.17, 15) is 4.79 Å². The molecule has 1 heterocycles. The Morgan fingerprint density at radius 1 is 1.17 bits per heavy atom. The number of aryl methyl sites for hydroxylation is 3. The number of likely N-dealkylation sites (tertiary alicyclic amines) is 1. The van der Waals surface area contributed by atoms with Crippen LogP contribution in [0.2, 0.25) is 0 Å². The molecule has 3 heteroatoms. The van der Waals surface area contributed by atoms with Gasteiger partial charge in [0.1, 0.15) is 0 Å². The first-order valence-corrected chi connectivity index (χ1v) is 9.13. The fourth-order valence-corrected chi connectivity index (χ4v) is 3.60. The fourth-order valence-electron chi connectivity index (χ4n) is 3.60. The van der Waals surface area contributed by atoms with E-state index >= 15 is 0 Å². The molecular weight excluding hydrogens is 284 g/mol. The van der Waals surface area contributed by atoms with Crippen molar-refractivity contribution in [1.82, 2.24) is 10.2 Å². The van der Waals surface area contributed by atoms with Crippen LogP contribution in [0.25, 0.3) is 0 Å². The summed E-state index contributed by atoms with van der Waals surface area (Å²) in [5.41, 5.74) is 4.31. The lowest BCUT2D eigenvalue weighted by Gasteiger charge is -2.35. The molecule has 2 rings (SSSR count). The highest BCUT2D eigenvalue weighted by atomic mass is 16.1. The molecule has 1 aromatic rings. The monoisotopic (exact) mass is 316 g/mol. The number of carbonyl (C=O) groups excluding carboxylic acids is 1. The van der Waals surface area contributed by atoms with Crippen LogP contribution in [0, 0.1) is 20.8 Å². The molecule has 0 aromatic heterocycles. The lowest BCUT2D eigenvalue weighted by molar-refractivity contribution is 0.0946. The molecule has 1 fully saturated rings. The second-order valence-corrected chi connectivity index (χ2v) is 6.95. The molecule has 0 saturated carbocycles. The minimum Gasteiger partial charge on any atom is -0.352 e. The summed E-state index contributed by atoms with van der Waals surface area (Å²) in [5.74, 6) is 0.0660. The third-order valence-electron chi connectivity index (χ3n) is 5.21. The van der Waals surface area contributed by atoms with Crippen molar-refractivity contribution in [2.75, 3.05) is 19.6 Å². The van der Waals surface area contributed by atoms with Gasteiger partial charge in [0.2, 0.25) is 0 Å². The van der Waals surface area contributed by atoms with Crippen molar-refractivity contribution in [2.45, 2.75) is 65.8 Å². The van der Waals surface area contributed by atoms with Crippen molar-refractivity contribution < 1.29 is 4.79 Å². The average Bonchev–Trinajstić information content (AvgIpc) is 2.55. The molecule has 1 N–H and O–H groups in total. The van der Waals surface area contributed by atoms with Crippen LogP contribution in [0.3, 0.4) is 0 Å². The van der Waals surface area contributed by atoms with Gasteiger partial charge < -0.3 is 10.2 Å². The van der Waals surface area contributed by atoms with E-state index in [1.54, 1.807) is 0 Å². The Balaban J connectivity index is 1.80. The van der Waals surface area contributed by atoms with Gasteiger partial charge in [0.25, 0.3) is 5.91 Å². The largest absolute Gasteiger partial charge is 0.352 e. The molecule has 3 nitrogen and oxygen atoms in total. The van der Waals surface area contributed by atoms with Crippen molar-refractivity contribution in [3.8, 4) is 0 Å². The zero-order chi connectivity index (χ0) is 16.8. The molecule has 128 valence electrons. The van der Waals surface area contributed by atoms with Crippen LogP contribution in [-0.4, -0.2) is 36.5 Å². The standard InChI is InChI=1S/C20H32N2O/c1-5-18-9-6-7-11-22(18)12-8-10-21-20(23)19-14-16(3)15(2)13-17(19)4/h13-14,18H,5-12H2,1-4H3,(H,21,23)/t18-/m1/s1. The first kappa shape index (κ1) is 18.0. The minimum absolute atomic E-state index is 0.0660. The van der Waals surface area contributed by atoms with Crippen molar-refractivity contribution in [2.24, 2.45) is 0 Å². The van der Waals surface area contributed by atoms with Gasteiger partial charge in [0.05, 0.1) is 0 Å². The van der Waals surface area contributed by atoms with Crippen LogP contribution < -0.4 is 5.32 Å². The highest BCUT2D eigenvalue weighted by Crippen LogP contribution is 2.19. The van der Waals surface area contributed by atoms with Crippen LogP contribution in [0.1, 0.15) is 66.1 Å². The fraction of sp³-hybridized carbons (Fsp3) is 0.650. The molecule has 23 heavy (non-hydrogen) atoms. The summed E-state index contributed by atoms with van der Waals surface area (Å²) in [7, 11) is 0. The first-order valence-electron chi connectivity index (χ1n) is 9.13. The van der Waals surface area contributed by atoms with Crippen LogP contribution in [0.15, 0.2) is 12.1 Å². The maximum Gasteiger partial charge on any atom is 0.251 e. The van der Waals surface area contributed by atoms with Crippen molar-refractivity contribution in [3.63, 3.8) is 0 Å². The van der Waals surface area contributed by atoms with E-state index in [0.717, 1.165) is 36.7 Å². The molecule has 1 atom stereocenters. The van der Waals surface area contributed by atoms with Gasteiger partial charge in [-0.1, -0.05) is 19.4 Å². The summed E-state index contributed by atoms with van der Waals surface area (Å²) < 4.78 is 0. The van der Waals surface area contributed by atoms with Gasteiger partial charge in [0, 0.05) is 24.7 Å². The maximum absolute atomic E-state index is 12.4. The molecule has 1 saturated heterocycles. The van der Waals surface area contributed by atoms with E-state index < -0.39 is 0 Å². The van der Waals surface area contributed by atoms with Gasteiger partial charge in [-0.3, -0.25) is 4.79 Å². The minimum atomic E-state index is 0.0660. The van der Waals surface area contributed by atoms with Crippen molar-refractivity contribution in [1.29, 1.82) is 0 Å². The molecule has 1 amide bonds. The molecular formula is C20H32N2O. The second kappa shape index (κ2) is 8.49. The van der Waals surface area contributed by atoms with E-state index in [1.165, 1.54) is 43.4 Å². The summed E-state index contributed by atoms with van der Waals surface area (Å²) in [6.07, 6.45) is 6.31. The van der Waals surface area contributed by atoms with Crippen LogP contribution >= 0.6 is 0 Å². The number of nitrogens with one attached hydrogen (secondary N) is 1. The highest BCUT2D eigenvalue weighted by Gasteiger charge is 2.20. The summed E-state index contributed by atoms with van der Waals surface area (Å²) in [4.78, 5) is 15.0. The molecule has 0 radical (unpaired) electrons. The quantitative estimate of drug-likeness (QED) is 0.805. The van der Waals surface area contributed by atoms with E-state index in [-0.39, 0.29) is 5.91 Å². The normalized spacial score (nSPS) is 18.9. The van der Waals surface area contributed by atoms with Gasteiger partial charge in [-0.2, -0.15) is 0 Å². The SMILES string of the molecule is CC[C@@H]1CCCCN1CCCNC(=O)c1cc(C)c(C)cc1C. The predicted molar refractivity (Wildman–Crippen MR) is 97.1 cm³/mol. The van der Waals surface area contributed by atoms with E-state index in [1.807, 2.05) is 13.0 Å². The third-order valence-corrected chi connectivity index (χ3v) is 5.21. The first-order chi connectivity index (χ1) is 11.0. The number of carbonyl (C=O) groups is 1. The number of hydrogen-bond donors (Lipinski definition) is 1. The zero-order valence-corrected chi connectivity index (χ0v) is 15.2. The Kier molecular flexibility index (Phi) is 6.64. The predicted octanol–water partition coefficient (Wildman–Crippen LogP) is 4.00. The Morgan fingerprint density at radius 3 is 2.65 bits per heavy atom. The van der Waals surface area contributed by atoms with Crippen LogP contribution in [0.4, 0.5) is 0 Å². The van der Waals surface area contributed by atoms with Gasteiger partial charge in [-0.05, 0) is 75.8 Å². The number of hydrogen-bond acceptors (Lipinski definition) is 2. The molecule has 1 aliphatic heterocycles.